The maximum Gasteiger partial charge on any atom is 0.328 e. The molecule has 0 heterocycles. The van der Waals surface area contributed by atoms with Gasteiger partial charge in [0.25, 0.3) is 0 Å². The van der Waals surface area contributed by atoms with Crippen LogP contribution in [0.15, 0.2) is 12.2 Å². The summed E-state index contributed by atoms with van der Waals surface area (Å²) in [5.74, 6) is -1.50. The normalized spacial score (nSPS) is 12.4. The van der Waals surface area contributed by atoms with E-state index in [1.807, 2.05) is 0 Å². The number of hydrogen-bond acceptors (Lipinski definition) is 3. The molecular formula is C21H39NO4. The fraction of sp³-hybridized carbons (Fsp3) is 0.810. The van der Waals surface area contributed by atoms with Crippen LogP contribution in [0.3, 0.4) is 0 Å². The number of aliphatic carboxylic acids is 1. The number of rotatable bonds is 18. The van der Waals surface area contributed by atoms with Gasteiger partial charge in [-0.3, -0.25) is 4.79 Å². The number of hydrogen-bond donors (Lipinski definition) is 3. The first-order valence-corrected chi connectivity index (χ1v) is 10.4. The van der Waals surface area contributed by atoms with Crippen LogP contribution in [0.2, 0.25) is 0 Å². The molecule has 0 fully saturated rings. The molecule has 0 saturated carbocycles. The summed E-state index contributed by atoms with van der Waals surface area (Å²) in [5, 5.41) is 19.9. The molecule has 0 aromatic rings. The third-order valence-corrected chi connectivity index (χ3v) is 4.48. The first-order chi connectivity index (χ1) is 12.6. The van der Waals surface area contributed by atoms with Crippen molar-refractivity contribution in [3.63, 3.8) is 0 Å². The predicted molar refractivity (Wildman–Crippen MR) is 106 cm³/mol. The molecule has 0 rings (SSSR count). The van der Waals surface area contributed by atoms with Gasteiger partial charge in [0, 0.05) is 6.42 Å². The molecule has 3 N–H and O–H groups in total. The Kier molecular flexibility index (Phi) is 17.5. The number of carboxylic acids is 1. The minimum absolute atomic E-state index is 0.298. The Hall–Kier alpha value is -1.36. The summed E-state index contributed by atoms with van der Waals surface area (Å²) < 4.78 is 0. The molecular weight excluding hydrogens is 330 g/mol. The van der Waals surface area contributed by atoms with E-state index in [9.17, 15) is 9.59 Å². The van der Waals surface area contributed by atoms with Crippen molar-refractivity contribution in [3.8, 4) is 0 Å². The van der Waals surface area contributed by atoms with E-state index in [1.165, 1.54) is 64.2 Å². The number of nitrogens with one attached hydrogen (secondary N) is 1. The molecule has 0 radical (unpaired) electrons. The predicted octanol–water partition coefficient (Wildman–Crippen LogP) is 4.59. The van der Waals surface area contributed by atoms with Gasteiger partial charge in [-0.15, -0.1) is 0 Å². The van der Waals surface area contributed by atoms with Crippen molar-refractivity contribution in [2.45, 2.75) is 103 Å². The summed E-state index contributed by atoms with van der Waals surface area (Å²) in [6.07, 6.45) is 20.5. The molecule has 0 bridgehead atoms. The lowest BCUT2D eigenvalue weighted by atomic mass is 10.1. The zero-order valence-corrected chi connectivity index (χ0v) is 16.5. The molecule has 0 saturated heterocycles. The highest BCUT2D eigenvalue weighted by Gasteiger charge is 2.17. The van der Waals surface area contributed by atoms with Gasteiger partial charge in [0.15, 0.2) is 0 Å². The standard InChI is InChI=1S/C21H39NO4/c1-2-3-4-5-6-7-8-9-10-11-12-13-14-15-16-17-20(24)22-19(18-23)21(25)26/h7-8,19,23H,2-6,9-18H2,1H3,(H,22,24)(H,25,26)/b8-7-/t19-/m0/s1. The van der Waals surface area contributed by atoms with Crippen LogP contribution in [0, 0.1) is 0 Å². The minimum atomic E-state index is -1.20. The molecule has 0 aliphatic carbocycles. The molecule has 26 heavy (non-hydrogen) atoms. The summed E-state index contributed by atoms with van der Waals surface area (Å²) in [4.78, 5) is 22.3. The van der Waals surface area contributed by atoms with Crippen LogP contribution in [0.25, 0.3) is 0 Å². The number of carboxylic acid groups (broad SMARTS) is 1. The SMILES string of the molecule is CCCCCC/C=C\CCCCCCCCCC(=O)N[C@@H](CO)C(=O)O. The van der Waals surface area contributed by atoms with Gasteiger partial charge >= 0.3 is 5.97 Å². The van der Waals surface area contributed by atoms with E-state index >= 15 is 0 Å². The van der Waals surface area contributed by atoms with E-state index < -0.39 is 18.6 Å². The molecule has 0 unspecified atom stereocenters. The number of allylic oxidation sites excluding steroid dienone is 2. The fourth-order valence-corrected chi connectivity index (χ4v) is 2.81. The number of aliphatic hydroxyl groups is 1. The van der Waals surface area contributed by atoms with Crippen molar-refractivity contribution in [1.82, 2.24) is 5.32 Å². The van der Waals surface area contributed by atoms with Gasteiger partial charge in [-0.25, -0.2) is 4.79 Å². The Bertz CT molecular complexity index is 382. The van der Waals surface area contributed by atoms with Gasteiger partial charge < -0.3 is 15.5 Å². The van der Waals surface area contributed by atoms with Crippen LogP contribution >= 0.6 is 0 Å². The third-order valence-electron chi connectivity index (χ3n) is 4.48. The van der Waals surface area contributed by atoms with Crippen molar-refractivity contribution < 1.29 is 19.8 Å². The third kappa shape index (κ3) is 16.1. The largest absolute Gasteiger partial charge is 0.480 e. The van der Waals surface area contributed by atoms with Gasteiger partial charge in [0.1, 0.15) is 6.04 Å². The Morgan fingerprint density at radius 3 is 1.85 bits per heavy atom. The lowest BCUT2D eigenvalue weighted by Crippen LogP contribution is -2.43. The first kappa shape index (κ1) is 24.6. The van der Waals surface area contributed by atoms with Crippen molar-refractivity contribution in [2.24, 2.45) is 0 Å². The Morgan fingerprint density at radius 2 is 1.35 bits per heavy atom. The second-order valence-electron chi connectivity index (χ2n) is 6.98. The zero-order valence-electron chi connectivity index (χ0n) is 16.5. The topological polar surface area (TPSA) is 86.6 Å². The summed E-state index contributed by atoms with van der Waals surface area (Å²) in [5.41, 5.74) is 0. The number of carbonyl (C=O) groups is 2. The Labute approximate surface area is 159 Å². The maximum atomic E-state index is 11.6. The average molecular weight is 370 g/mol. The van der Waals surface area contributed by atoms with E-state index in [-0.39, 0.29) is 5.91 Å². The molecule has 0 aliphatic rings. The summed E-state index contributed by atoms with van der Waals surface area (Å²) in [6.45, 7) is 1.66. The number of aliphatic hydroxyl groups excluding tert-OH is 1. The molecule has 1 atom stereocenters. The van der Waals surface area contributed by atoms with Gasteiger partial charge in [-0.2, -0.15) is 0 Å². The fourth-order valence-electron chi connectivity index (χ4n) is 2.81. The van der Waals surface area contributed by atoms with Crippen LogP contribution in [-0.2, 0) is 9.59 Å². The maximum absolute atomic E-state index is 11.6. The smallest absolute Gasteiger partial charge is 0.328 e. The highest BCUT2D eigenvalue weighted by Crippen LogP contribution is 2.10. The van der Waals surface area contributed by atoms with E-state index in [2.05, 4.69) is 24.4 Å². The van der Waals surface area contributed by atoms with Gasteiger partial charge in [-0.05, 0) is 32.1 Å². The molecule has 5 heteroatoms. The van der Waals surface area contributed by atoms with Crippen LogP contribution < -0.4 is 5.32 Å². The Balaban J connectivity index is 3.34. The van der Waals surface area contributed by atoms with Crippen LogP contribution in [0.4, 0.5) is 0 Å². The zero-order chi connectivity index (χ0) is 19.5. The molecule has 152 valence electrons. The molecule has 0 aliphatic heterocycles. The second kappa shape index (κ2) is 18.4. The van der Waals surface area contributed by atoms with Gasteiger partial charge in [-0.1, -0.05) is 70.4 Å². The van der Waals surface area contributed by atoms with Crippen LogP contribution in [0.1, 0.15) is 96.8 Å². The highest BCUT2D eigenvalue weighted by molar-refractivity contribution is 5.83. The average Bonchev–Trinajstić information content (AvgIpc) is 2.62. The van der Waals surface area contributed by atoms with Crippen molar-refractivity contribution >= 4 is 11.9 Å². The molecule has 1 amide bonds. The van der Waals surface area contributed by atoms with Crippen molar-refractivity contribution in [2.75, 3.05) is 6.61 Å². The lowest BCUT2D eigenvalue weighted by molar-refractivity contribution is -0.142. The second-order valence-corrected chi connectivity index (χ2v) is 6.98. The lowest BCUT2D eigenvalue weighted by Gasteiger charge is -2.11. The highest BCUT2D eigenvalue weighted by atomic mass is 16.4. The number of amides is 1. The van der Waals surface area contributed by atoms with Gasteiger partial charge in [0.05, 0.1) is 6.61 Å². The molecule has 5 nitrogen and oxygen atoms in total. The Morgan fingerprint density at radius 1 is 0.846 bits per heavy atom. The van der Waals surface area contributed by atoms with Gasteiger partial charge in [0.2, 0.25) is 5.91 Å². The first-order valence-electron chi connectivity index (χ1n) is 10.4. The van der Waals surface area contributed by atoms with E-state index in [1.54, 1.807) is 0 Å². The van der Waals surface area contributed by atoms with E-state index in [0.717, 1.165) is 19.3 Å². The van der Waals surface area contributed by atoms with E-state index in [0.29, 0.717) is 6.42 Å². The number of unbranched alkanes of at least 4 members (excludes halogenated alkanes) is 11. The van der Waals surface area contributed by atoms with Crippen molar-refractivity contribution in [1.29, 1.82) is 0 Å². The quantitative estimate of drug-likeness (QED) is 0.244. The van der Waals surface area contributed by atoms with E-state index in [4.69, 9.17) is 10.2 Å². The number of carbonyl (C=O) groups excluding carboxylic acids is 1. The van der Waals surface area contributed by atoms with Crippen LogP contribution in [0.5, 0.6) is 0 Å². The molecule has 0 aromatic carbocycles. The summed E-state index contributed by atoms with van der Waals surface area (Å²) >= 11 is 0. The summed E-state index contributed by atoms with van der Waals surface area (Å²) in [7, 11) is 0. The minimum Gasteiger partial charge on any atom is -0.480 e. The van der Waals surface area contributed by atoms with Crippen LogP contribution in [-0.4, -0.2) is 34.7 Å². The molecule has 0 aromatic heterocycles. The van der Waals surface area contributed by atoms with Crippen molar-refractivity contribution in [3.05, 3.63) is 12.2 Å². The molecule has 0 spiro atoms. The monoisotopic (exact) mass is 369 g/mol. The summed E-state index contributed by atoms with van der Waals surface area (Å²) in [6, 6.07) is -1.19.